The highest BCUT2D eigenvalue weighted by molar-refractivity contribution is 9.10. The van der Waals surface area contributed by atoms with Gasteiger partial charge >= 0.3 is 0 Å². The second-order valence-corrected chi connectivity index (χ2v) is 4.72. The number of rotatable bonds is 3. The fraction of sp³-hybridized carbons (Fsp3) is 0.273. The Morgan fingerprint density at radius 2 is 2.29 bits per heavy atom. The van der Waals surface area contributed by atoms with Crippen LogP contribution in [0.25, 0.3) is 0 Å². The zero-order valence-corrected chi connectivity index (χ0v) is 10.4. The van der Waals surface area contributed by atoms with Crippen LogP contribution in [0.2, 0.25) is 5.02 Å². The molecule has 76 valence electrons. The van der Waals surface area contributed by atoms with E-state index in [0.29, 0.717) is 5.02 Å². The molecule has 0 amide bonds. The topological polar surface area (TPSA) is 26.0 Å². The molecule has 0 fully saturated rings. The molecule has 1 aromatic rings. The van der Waals surface area contributed by atoms with Gasteiger partial charge in [0.05, 0.1) is 0 Å². The Balaban J connectivity index is 2.93. The fourth-order valence-electron chi connectivity index (χ4n) is 1.28. The van der Waals surface area contributed by atoms with Crippen molar-refractivity contribution in [2.75, 3.05) is 0 Å². The Hall–Kier alpha value is -0.310. The van der Waals surface area contributed by atoms with Gasteiger partial charge in [-0.3, -0.25) is 0 Å². The van der Waals surface area contributed by atoms with Gasteiger partial charge in [0.15, 0.2) is 0 Å². The van der Waals surface area contributed by atoms with Crippen LogP contribution >= 0.6 is 27.5 Å². The Kier molecular flexibility index (Phi) is 4.17. The largest absolute Gasteiger partial charge is 0.324 e. The summed E-state index contributed by atoms with van der Waals surface area (Å²) in [5, 5.41) is 0.709. The third kappa shape index (κ3) is 3.12. The molecule has 0 saturated carbocycles. The van der Waals surface area contributed by atoms with Gasteiger partial charge in [0.2, 0.25) is 0 Å². The lowest BCUT2D eigenvalue weighted by Crippen LogP contribution is -2.11. The van der Waals surface area contributed by atoms with Crippen LogP contribution < -0.4 is 5.73 Å². The highest BCUT2D eigenvalue weighted by Gasteiger charge is 2.10. The minimum Gasteiger partial charge on any atom is -0.324 e. The van der Waals surface area contributed by atoms with Crippen LogP contribution in [0.4, 0.5) is 0 Å². The standard InChI is InChI=1S/C11H13BrClN/c1-7(2)5-11(14)9-6-8(13)3-4-10(9)12/h3-4,6,11H,1,5,14H2,2H3/t11-/m0/s1. The summed E-state index contributed by atoms with van der Waals surface area (Å²) in [4.78, 5) is 0. The van der Waals surface area contributed by atoms with Gasteiger partial charge in [-0.15, -0.1) is 6.58 Å². The Labute approximate surface area is 98.1 Å². The first-order valence-electron chi connectivity index (χ1n) is 4.35. The summed E-state index contributed by atoms with van der Waals surface area (Å²) in [6.45, 7) is 5.81. The van der Waals surface area contributed by atoms with E-state index in [0.717, 1.165) is 22.0 Å². The first-order valence-corrected chi connectivity index (χ1v) is 5.52. The maximum absolute atomic E-state index is 6.02. The molecule has 3 heteroatoms. The number of halogens is 2. The molecule has 0 unspecified atom stereocenters. The van der Waals surface area contributed by atoms with Gasteiger partial charge in [-0.1, -0.05) is 33.1 Å². The molecule has 0 aromatic heterocycles. The monoisotopic (exact) mass is 273 g/mol. The molecular formula is C11H13BrClN. The fourth-order valence-corrected chi connectivity index (χ4v) is 2.01. The van der Waals surface area contributed by atoms with Crippen LogP contribution in [0.15, 0.2) is 34.8 Å². The van der Waals surface area contributed by atoms with Gasteiger partial charge in [0, 0.05) is 15.5 Å². The summed E-state index contributed by atoms with van der Waals surface area (Å²) in [5.74, 6) is 0. The molecule has 1 aromatic carbocycles. The van der Waals surface area contributed by atoms with Crippen molar-refractivity contribution in [3.05, 3.63) is 45.4 Å². The molecule has 0 aliphatic heterocycles. The van der Waals surface area contributed by atoms with Crippen molar-refractivity contribution >= 4 is 27.5 Å². The number of nitrogens with two attached hydrogens (primary N) is 1. The van der Waals surface area contributed by atoms with Crippen molar-refractivity contribution in [3.8, 4) is 0 Å². The van der Waals surface area contributed by atoms with E-state index in [-0.39, 0.29) is 6.04 Å². The molecule has 0 bridgehead atoms. The predicted molar refractivity (Wildman–Crippen MR) is 65.5 cm³/mol. The summed E-state index contributed by atoms with van der Waals surface area (Å²) in [6.07, 6.45) is 0.777. The Morgan fingerprint density at radius 1 is 1.64 bits per heavy atom. The van der Waals surface area contributed by atoms with Crippen LogP contribution in [0.5, 0.6) is 0 Å². The van der Waals surface area contributed by atoms with Gasteiger partial charge in [-0.25, -0.2) is 0 Å². The predicted octanol–water partition coefficient (Wildman–Crippen LogP) is 4.07. The van der Waals surface area contributed by atoms with E-state index in [4.69, 9.17) is 17.3 Å². The van der Waals surface area contributed by atoms with E-state index < -0.39 is 0 Å². The molecule has 1 atom stereocenters. The second-order valence-electron chi connectivity index (χ2n) is 3.43. The van der Waals surface area contributed by atoms with Gasteiger partial charge in [0.25, 0.3) is 0 Å². The molecule has 0 aliphatic rings. The maximum atomic E-state index is 6.02. The molecule has 0 saturated heterocycles. The van der Waals surface area contributed by atoms with E-state index in [2.05, 4.69) is 22.5 Å². The van der Waals surface area contributed by atoms with Gasteiger partial charge in [0.1, 0.15) is 0 Å². The van der Waals surface area contributed by atoms with Crippen LogP contribution in [-0.4, -0.2) is 0 Å². The molecule has 0 aliphatic carbocycles. The zero-order chi connectivity index (χ0) is 10.7. The normalized spacial score (nSPS) is 12.6. The van der Waals surface area contributed by atoms with E-state index in [9.17, 15) is 0 Å². The molecule has 2 N–H and O–H groups in total. The van der Waals surface area contributed by atoms with Crippen molar-refractivity contribution in [2.24, 2.45) is 5.73 Å². The third-order valence-electron chi connectivity index (χ3n) is 1.93. The van der Waals surface area contributed by atoms with Crippen molar-refractivity contribution in [3.63, 3.8) is 0 Å². The van der Waals surface area contributed by atoms with Crippen molar-refractivity contribution in [1.82, 2.24) is 0 Å². The van der Waals surface area contributed by atoms with Crippen LogP contribution in [0, 0.1) is 0 Å². The van der Waals surface area contributed by atoms with E-state index >= 15 is 0 Å². The van der Waals surface area contributed by atoms with Gasteiger partial charge in [-0.2, -0.15) is 0 Å². The van der Waals surface area contributed by atoms with Crippen LogP contribution in [-0.2, 0) is 0 Å². The lowest BCUT2D eigenvalue weighted by molar-refractivity contribution is 0.714. The smallest absolute Gasteiger partial charge is 0.0410 e. The van der Waals surface area contributed by atoms with E-state index in [1.54, 1.807) is 0 Å². The molecule has 0 radical (unpaired) electrons. The van der Waals surface area contributed by atoms with Crippen LogP contribution in [0.3, 0.4) is 0 Å². The third-order valence-corrected chi connectivity index (χ3v) is 2.88. The first-order chi connectivity index (χ1) is 6.50. The molecule has 0 heterocycles. The highest BCUT2D eigenvalue weighted by Crippen LogP contribution is 2.28. The molecule has 1 nitrogen and oxygen atoms in total. The summed E-state index contributed by atoms with van der Waals surface area (Å²) in [5.41, 5.74) is 8.12. The van der Waals surface area contributed by atoms with Crippen LogP contribution in [0.1, 0.15) is 24.9 Å². The maximum Gasteiger partial charge on any atom is 0.0410 e. The van der Waals surface area contributed by atoms with Gasteiger partial charge in [-0.05, 0) is 37.1 Å². The van der Waals surface area contributed by atoms with Crippen molar-refractivity contribution < 1.29 is 0 Å². The summed E-state index contributed by atoms with van der Waals surface area (Å²) < 4.78 is 0.996. The minimum absolute atomic E-state index is 0.0411. The van der Waals surface area contributed by atoms with Crippen molar-refractivity contribution in [1.29, 1.82) is 0 Å². The average Bonchev–Trinajstić information content (AvgIpc) is 2.08. The molecule has 14 heavy (non-hydrogen) atoms. The lowest BCUT2D eigenvalue weighted by Gasteiger charge is -2.14. The molecular weight excluding hydrogens is 261 g/mol. The number of hydrogen-bond donors (Lipinski definition) is 1. The number of benzene rings is 1. The average molecular weight is 275 g/mol. The van der Waals surface area contributed by atoms with E-state index in [1.807, 2.05) is 25.1 Å². The summed E-state index contributed by atoms with van der Waals surface area (Å²) >= 11 is 9.35. The lowest BCUT2D eigenvalue weighted by atomic mass is 10.0. The highest BCUT2D eigenvalue weighted by atomic mass is 79.9. The first kappa shape index (κ1) is 11.8. The SMILES string of the molecule is C=C(C)C[C@H](N)c1cc(Cl)ccc1Br. The minimum atomic E-state index is -0.0411. The summed E-state index contributed by atoms with van der Waals surface area (Å²) in [6, 6.07) is 5.60. The number of hydrogen-bond acceptors (Lipinski definition) is 1. The Bertz CT molecular complexity index is 349. The molecule has 1 rings (SSSR count). The second kappa shape index (κ2) is 4.96. The van der Waals surface area contributed by atoms with Crippen molar-refractivity contribution in [2.45, 2.75) is 19.4 Å². The quantitative estimate of drug-likeness (QED) is 0.826. The molecule has 0 spiro atoms. The zero-order valence-electron chi connectivity index (χ0n) is 8.06. The Morgan fingerprint density at radius 3 is 2.86 bits per heavy atom. The summed E-state index contributed by atoms with van der Waals surface area (Å²) in [7, 11) is 0. The van der Waals surface area contributed by atoms with Gasteiger partial charge < -0.3 is 5.73 Å². The van der Waals surface area contributed by atoms with E-state index in [1.165, 1.54) is 0 Å².